The topological polar surface area (TPSA) is 81.4 Å². The maximum Gasteiger partial charge on any atom is 0.242 e. The average molecular weight is 351 g/mol. The molecule has 2 saturated heterocycles. The second-order valence-electron chi connectivity index (χ2n) is 5.38. The van der Waals surface area contributed by atoms with Crippen molar-refractivity contribution in [2.45, 2.75) is 49.0 Å². The molecule has 21 heavy (non-hydrogen) atoms. The van der Waals surface area contributed by atoms with Gasteiger partial charge in [-0.25, -0.2) is 13.1 Å². The van der Waals surface area contributed by atoms with E-state index in [0.717, 1.165) is 12.8 Å². The number of sulfonamides is 1. The van der Waals surface area contributed by atoms with E-state index < -0.39 is 10.0 Å². The van der Waals surface area contributed by atoms with E-state index >= 15 is 0 Å². The number of hydrogen-bond acceptors (Lipinski definition) is 4. The summed E-state index contributed by atoms with van der Waals surface area (Å²) < 4.78 is 33.4. The van der Waals surface area contributed by atoms with Crippen molar-refractivity contribution in [1.82, 2.24) is 4.72 Å². The Labute approximate surface area is 133 Å². The first-order valence-corrected chi connectivity index (χ1v) is 9.01. The van der Waals surface area contributed by atoms with E-state index in [2.05, 4.69) is 4.72 Å². The number of benzene rings is 1. The van der Waals surface area contributed by atoms with E-state index in [9.17, 15) is 8.42 Å². The Morgan fingerprint density at radius 2 is 2.10 bits per heavy atom. The summed E-state index contributed by atoms with van der Waals surface area (Å²) >= 11 is 12.1. The van der Waals surface area contributed by atoms with E-state index in [4.69, 9.17) is 33.7 Å². The van der Waals surface area contributed by atoms with Crippen LogP contribution in [0.5, 0.6) is 0 Å². The first-order chi connectivity index (χ1) is 9.92. The van der Waals surface area contributed by atoms with Gasteiger partial charge in [-0.05, 0) is 31.4 Å². The van der Waals surface area contributed by atoms with Crippen molar-refractivity contribution < 1.29 is 13.2 Å². The van der Waals surface area contributed by atoms with Crippen LogP contribution in [0.15, 0.2) is 17.0 Å². The lowest BCUT2D eigenvalue weighted by Gasteiger charge is -2.21. The van der Waals surface area contributed by atoms with Crippen LogP contribution in [-0.2, 0) is 21.3 Å². The van der Waals surface area contributed by atoms with Crippen LogP contribution < -0.4 is 10.5 Å². The third kappa shape index (κ3) is 2.81. The van der Waals surface area contributed by atoms with E-state index in [1.165, 1.54) is 12.1 Å². The number of hydrogen-bond donors (Lipinski definition) is 2. The molecule has 116 valence electrons. The summed E-state index contributed by atoms with van der Waals surface area (Å²) in [6.45, 7) is 0.0816. The Morgan fingerprint density at radius 3 is 2.67 bits per heavy atom. The lowest BCUT2D eigenvalue weighted by molar-refractivity contribution is 0.0996. The number of rotatable bonds is 4. The molecule has 2 bridgehead atoms. The standard InChI is InChI=1S/C13H16Cl2N2O3S/c14-9-2-4-12(13(15)8(9)6-16)21(18,19)17-10-5-7-1-3-11(10)20-7/h2,4,7,10-11,17H,1,3,5-6,16H2. The van der Waals surface area contributed by atoms with Gasteiger partial charge in [0.2, 0.25) is 10.0 Å². The molecule has 0 saturated carbocycles. The maximum atomic E-state index is 12.5. The molecule has 3 atom stereocenters. The van der Waals surface area contributed by atoms with Gasteiger partial charge in [-0.1, -0.05) is 23.2 Å². The van der Waals surface area contributed by atoms with Crippen LogP contribution in [0.4, 0.5) is 0 Å². The van der Waals surface area contributed by atoms with Crippen molar-refractivity contribution in [3.63, 3.8) is 0 Å². The van der Waals surface area contributed by atoms with Crippen LogP contribution in [0, 0.1) is 0 Å². The second kappa shape index (κ2) is 5.68. The molecule has 3 unspecified atom stereocenters. The first-order valence-electron chi connectivity index (χ1n) is 6.77. The highest BCUT2D eigenvalue weighted by Gasteiger charge is 2.42. The zero-order valence-corrected chi connectivity index (χ0v) is 13.5. The molecule has 5 nitrogen and oxygen atoms in total. The van der Waals surface area contributed by atoms with Gasteiger partial charge in [0, 0.05) is 17.1 Å². The Kier molecular flexibility index (Phi) is 4.20. The maximum absolute atomic E-state index is 12.5. The Balaban J connectivity index is 1.88. The fraction of sp³-hybridized carbons (Fsp3) is 0.538. The summed E-state index contributed by atoms with van der Waals surface area (Å²) in [5, 5.41) is 0.450. The molecule has 2 aliphatic rings. The highest BCUT2D eigenvalue weighted by atomic mass is 35.5. The fourth-order valence-corrected chi connectivity index (χ4v) is 5.20. The van der Waals surface area contributed by atoms with E-state index in [1.54, 1.807) is 0 Å². The van der Waals surface area contributed by atoms with Gasteiger partial charge in [-0.15, -0.1) is 0 Å². The van der Waals surface area contributed by atoms with Gasteiger partial charge >= 0.3 is 0 Å². The molecule has 0 radical (unpaired) electrons. The normalized spacial score (nSPS) is 28.2. The molecular weight excluding hydrogens is 335 g/mol. The number of fused-ring (bicyclic) bond motifs is 2. The minimum absolute atomic E-state index is 0.0109. The summed E-state index contributed by atoms with van der Waals surface area (Å²) in [6.07, 6.45) is 2.73. The van der Waals surface area contributed by atoms with Gasteiger partial charge < -0.3 is 10.5 Å². The average Bonchev–Trinajstić information content (AvgIpc) is 3.00. The van der Waals surface area contributed by atoms with Gasteiger partial charge in [0.1, 0.15) is 4.90 Å². The van der Waals surface area contributed by atoms with E-state index in [0.29, 0.717) is 17.0 Å². The van der Waals surface area contributed by atoms with Crippen molar-refractivity contribution in [2.75, 3.05) is 0 Å². The van der Waals surface area contributed by atoms with Gasteiger partial charge in [-0.3, -0.25) is 0 Å². The zero-order valence-electron chi connectivity index (χ0n) is 11.2. The van der Waals surface area contributed by atoms with Gasteiger partial charge in [0.05, 0.1) is 23.3 Å². The van der Waals surface area contributed by atoms with Crippen molar-refractivity contribution in [3.8, 4) is 0 Å². The number of halogens is 2. The second-order valence-corrected chi connectivity index (χ2v) is 7.85. The first kappa shape index (κ1) is 15.5. The largest absolute Gasteiger partial charge is 0.373 e. The SMILES string of the molecule is NCc1c(Cl)ccc(S(=O)(=O)NC2CC3CCC2O3)c1Cl. The smallest absolute Gasteiger partial charge is 0.242 e. The predicted molar refractivity (Wildman–Crippen MR) is 81.0 cm³/mol. The third-order valence-corrected chi connectivity index (χ3v) is 6.49. The summed E-state index contributed by atoms with van der Waals surface area (Å²) in [6, 6.07) is 2.71. The molecule has 0 amide bonds. The van der Waals surface area contributed by atoms with Gasteiger partial charge in [-0.2, -0.15) is 0 Å². The molecule has 3 rings (SSSR count). The van der Waals surface area contributed by atoms with E-state index in [-0.39, 0.29) is 34.7 Å². The third-order valence-electron chi connectivity index (χ3n) is 4.06. The Morgan fingerprint density at radius 1 is 1.33 bits per heavy atom. The van der Waals surface area contributed by atoms with Crippen LogP contribution in [0.25, 0.3) is 0 Å². The minimum atomic E-state index is -3.72. The molecule has 0 aliphatic carbocycles. The van der Waals surface area contributed by atoms with Crippen LogP contribution in [0.1, 0.15) is 24.8 Å². The number of nitrogens with one attached hydrogen (secondary N) is 1. The summed E-state index contributed by atoms with van der Waals surface area (Å²) in [5.74, 6) is 0. The van der Waals surface area contributed by atoms with Crippen LogP contribution in [0.3, 0.4) is 0 Å². The molecule has 1 aromatic carbocycles. The van der Waals surface area contributed by atoms with Crippen molar-refractivity contribution in [2.24, 2.45) is 5.73 Å². The number of ether oxygens (including phenoxy) is 1. The summed E-state index contributed by atoms with van der Waals surface area (Å²) in [7, 11) is -3.72. The number of nitrogens with two attached hydrogens (primary N) is 1. The monoisotopic (exact) mass is 350 g/mol. The van der Waals surface area contributed by atoms with E-state index in [1.807, 2.05) is 0 Å². The van der Waals surface area contributed by atoms with Crippen molar-refractivity contribution in [3.05, 3.63) is 27.7 Å². The predicted octanol–water partition coefficient (Wildman–Crippen LogP) is 2.05. The molecule has 0 spiro atoms. The van der Waals surface area contributed by atoms with Gasteiger partial charge in [0.25, 0.3) is 0 Å². The van der Waals surface area contributed by atoms with Crippen LogP contribution in [0.2, 0.25) is 10.0 Å². The lowest BCUT2D eigenvalue weighted by atomic mass is 9.96. The molecule has 1 aromatic rings. The quantitative estimate of drug-likeness (QED) is 0.870. The molecule has 2 aliphatic heterocycles. The van der Waals surface area contributed by atoms with Crippen molar-refractivity contribution in [1.29, 1.82) is 0 Å². The van der Waals surface area contributed by atoms with Crippen molar-refractivity contribution >= 4 is 33.2 Å². The van der Waals surface area contributed by atoms with Gasteiger partial charge in [0.15, 0.2) is 0 Å². The summed E-state index contributed by atoms with van der Waals surface area (Å²) in [5.41, 5.74) is 6.01. The Hall–Kier alpha value is -0.370. The lowest BCUT2D eigenvalue weighted by Crippen LogP contribution is -2.41. The highest BCUT2D eigenvalue weighted by Crippen LogP contribution is 2.36. The minimum Gasteiger partial charge on any atom is -0.373 e. The fourth-order valence-electron chi connectivity index (χ4n) is 3.00. The molecule has 3 N–H and O–H groups in total. The van der Waals surface area contributed by atoms with Crippen LogP contribution in [-0.4, -0.2) is 26.7 Å². The molecule has 2 fully saturated rings. The summed E-state index contributed by atoms with van der Waals surface area (Å²) in [4.78, 5) is 0.0109. The Bertz CT molecular complexity index is 666. The molecule has 0 aromatic heterocycles. The molecule has 8 heteroatoms. The molecule has 2 heterocycles. The zero-order chi connectivity index (χ0) is 15.2. The molecular formula is C13H16Cl2N2O3S. The van der Waals surface area contributed by atoms with Crippen LogP contribution >= 0.6 is 23.2 Å². The highest BCUT2D eigenvalue weighted by molar-refractivity contribution is 7.89.